The van der Waals surface area contributed by atoms with Crippen LogP contribution >= 0.6 is 0 Å². The van der Waals surface area contributed by atoms with Crippen LogP contribution in [0, 0.1) is 18.8 Å². The average molecular weight is 189 g/mol. The van der Waals surface area contributed by atoms with Crippen LogP contribution in [0.3, 0.4) is 0 Å². The van der Waals surface area contributed by atoms with Crippen molar-refractivity contribution in [2.75, 3.05) is 7.05 Å². The van der Waals surface area contributed by atoms with Crippen LogP contribution in [0.5, 0.6) is 0 Å². The Morgan fingerprint density at radius 1 is 1.43 bits per heavy atom. The van der Waals surface area contributed by atoms with E-state index in [-0.39, 0.29) is 0 Å². The lowest BCUT2D eigenvalue weighted by Crippen LogP contribution is -2.19. The lowest BCUT2D eigenvalue weighted by molar-refractivity contribution is 0.504. The molecule has 0 saturated heterocycles. The molecule has 3 unspecified atom stereocenters. The summed E-state index contributed by atoms with van der Waals surface area (Å²) in [6, 6.07) is 9.41. The van der Waals surface area contributed by atoms with Crippen LogP contribution in [0.2, 0.25) is 0 Å². The van der Waals surface area contributed by atoms with Crippen molar-refractivity contribution in [3.8, 4) is 0 Å². The molecule has 0 amide bonds. The molecule has 0 aliphatic heterocycles. The van der Waals surface area contributed by atoms with Crippen LogP contribution in [0.4, 0.5) is 0 Å². The summed E-state index contributed by atoms with van der Waals surface area (Å²) in [6.07, 6.45) is 1.37. The van der Waals surface area contributed by atoms with E-state index in [1.807, 2.05) is 0 Å². The predicted octanol–water partition coefficient (Wildman–Crippen LogP) is 2.91. The largest absolute Gasteiger partial charge is 0.313 e. The third-order valence-electron chi connectivity index (χ3n) is 3.31. The maximum absolute atomic E-state index is 3.44. The smallest absolute Gasteiger partial charge is 0.0348 e. The Morgan fingerprint density at radius 2 is 2.14 bits per heavy atom. The van der Waals surface area contributed by atoms with Gasteiger partial charge < -0.3 is 5.32 Å². The summed E-state index contributed by atoms with van der Waals surface area (Å²) in [5.41, 5.74) is 2.80. The lowest BCUT2D eigenvalue weighted by Gasteiger charge is -2.16. The first-order valence-corrected chi connectivity index (χ1v) is 5.46. The molecule has 1 aliphatic carbocycles. The molecule has 1 aromatic carbocycles. The zero-order chi connectivity index (χ0) is 10.1. The van der Waals surface area contributed by atoms with Gasteiger partial charge in [0.2, 0.25) is 0 Å². The van der Waals surface area contributed by atoms with E-state index in [0.717, 1.165) is 11.8 Å². The standard InChI is InChI=1S/C13H19N/c1-9-5-4-6-11(7-9)13(14-3)12-8-10(12)2/h4-7,10,12-14H,8H2,1-3H3. The summed E-state index contributed by atoms with van der Waals surface area (Å²) in [7, 11) is 2.07. The van der Waals surface area contributed by atoms with E-state index in [4.69, 9.17) is 0 Å². The fourth-order valence-electron chi connectivity index (χ4n) is 2.31. The van der Waals surface area contributed by atoms with Crippen molar-refractivity contribution in [2.45, 2.75) is 26.3 Å². The monoisotopic (exact) mass is 189 g/mol. The van der Waals surface area contributed by atoms with E-state index in [2.05, 4.69) is 50.5 Å². The van der Waals surface area contributed by atoms with Gasteiger partial charge in [0.05, 0.1) is 0 Å². The highest BCUT2D eigenvalue weighted by molar-refractivity contribution is 5.26. The van der Waals surface area contributed by atoms with Crippen LogP contribution in [-0.2, 0) is 0 Å². The van der Waals surface area contributed by atoms with Crippen molar-refractivity contribution in [1.82, 2.24) is 5.32 Å². The van der Waals surface area contributed by atoms with Crippen LogP contribution in [0.25, 0.3) is 0 Å². The van der Waals surface area contributed by atoms with Crippen molar-refractivity contribution < 1.29 is 0 Å². The molecule has 1 N–H and O–H groups in total. The third-order valence-corrected chi connectivity index (χ3v) is 3.31. The van der Waals surface area contributed by atoms with Crippen LogP contribution < -0.4 is 5.32 Å². The van der Waals surface area contributed by atoms with Crippen molar-refractivity contribution in [1.29, 1.82) is 0 Å². The number of nitrogens with one attached hydrogen (secondary N) is 1. The van der Waals surface area contributed by atoms with E-state index in [0.29, 0.717) is 6.04 Å². The first-order chi connectivity index (χ1) is 6.72. The van der Waals surface area contributed by atoms with Gasteiger partial charge in [0.25, 0.3) is 0 Å². The number of benzene rings is 1. The Kier molecular flexibility index (Phi) is 2.60. The van der Waals surface area contributed by atoms with Gasteiger partial charge in [0.1, 0.15) is 0 Å². The first kappa shape index (κ1) is 9.72. The quantitative estimate of drug-likeness (QED) is 0.771. The number of hydrogen-bond acceptors (Lipinski definition) is 1. The molecule has 1 aromatic rings. The molecule has 1 aliphatic rings. The minimum atomic E-state index is 0.560. The second kappa shape index (κ2) is 3.74. The molecule has 3 atom stereocenters. The Morgan fingerprint density at radius 3 is 2.64 bits per heavy atom. The van der Waals surface area contributed by atoms with E-state index in [1.165, 1.54) is 17.5 Å². The van der Waals surface area contributed by atoms with E-state index < -0.39 is 0 Å². The first-order valence-electron chi connectivity index (χ1n) is 5.46. The normalized spacial score (nSPS) is 27.4. The van der Waals surface area contributed by atoms with Crippen molar-refractivity contribution in [3.05, 3.63) is 35.4 Å². The minimum Gasteiger partial charge on any atom is -0.313 e. The van der Waals surface area contributed by atoms with Gasteiger partial charge >= 0.3 is 0 Å². The maximum atomic E-state index is 3.44. The molecule has 2 rings (SSSR count). The minimum absolute atomic E-state index is 0.560. The maximum Gasteiger partial charge on any atom is 0.0348 e. The van der Waals surface area contributed by atoms with E-state index in [1.54, 1.807) is 0 Å². The molecule has 76 valence electrons. The lowest BCUT2D eigenvalue weighted by atomic mass is 10.00. The molecule has 1 fully saturated rings. The highest BCUT2D eigenvalue weighted by Gasteiger charge is 2.39. The number of aryl methyl sites for hydroxylation is 1. The summed E-state index contributed by atoms with van der Waals surface area (Å²) in [5.74, 6) is 1.75. The van der Waals surface area contributed by atoms with Crippen molar-refractivity contribution in [3.63, 3.8) is 0 Å². The summed E-state index contributed by atoms with van der Waals surface area (Å²) in [5, 5.41) is 3.44. The molecule has 0 spiro atoms. The molecule has 0 aromatic heterocycles. The molecule has 1 nitrogen and oxygen atoms in total. The van der Waals surface area contributed by atoms with Crippen LogP contribution in [-0.4, -0.2) is 7.05 Å². The van der Waals surface area contributed by atoms with Gasteiger partial charge in [-0.2, -0.15) is 0 Å². The Labute approximate surface area is 86.5 Å². The fraction of sp³-hybridized carbons (Fsp3) is 0.538. The van der Waals surface area contributed by atoms with Gasteiger partial charge in [0.15, 0.2) is 0 Å². The second-order valence-corrected chi connectivity index (χ2v) is 4.56. The molecule has 1 heteroatoms. The summed E-state index contributed by atoms with van der Waals surface area (Å²) >= 11 is 0. The van der Waals surface area contributed by atoms with Crippen LogP contribution in [0.1, 0.15) is 30.5 Å². The molecule has 0 radical (unpaired) electrons. The second-order valence-electron chi connectivity index (χ2n) is 4.56. The molecule has 14 heavy (non-hydrogen) atoms. The SMILES string of the molecule is CNC(c1cccc(C)c1)C1CC1C. The van der Waals surface area contributed by atoms with Crippen molar-refractivity contribution >= 4 is 0 Å². The Bertz CT molecular complexity index is 319. The molecule has 1 saturated carbocycles. The van der Waals surface area contributed by atoms with Crippen LogP contribution in [0.15, 0.2) is 24.3 Å². The highest BCUT2D eigenvalue weighted by Crippen LogP contribution is 2.46. The Balaban J connectivity index is 2.19. The number of rotatable bonds is 3. The summed E-state index contributed by atoms with van der Waals surface area (Å²) in [4.78, 5) is 0. The highest BCUT2D eigenvalue weighted by atomic mass is 14.9. The molecular weight excluding hydrogens is 170 g/mol. The van der Waals surface area contributed by atoms with Gasteiger partial charge in [-0.1, -0.05) is 36.8 Å². The molecule has 0 heterocycles. The van der Waals surface area contributed by atoms with Crippen molar-refractivity contribution in [2.24, 2.45) is 11.8 Å². The van der Waals surface area contributed by atoms with Gasteiger partial charge in [-0.3, -0.25) is 0 Å². The van der Waals surface area contributed by atoms with Gasteiger partial charge in [-0.25, -0.2) is 0 Å². The summed E-state index contributed by atoms with van der Waals surface area (Å²) in [6.45, 7) is 4.50. The fourth-order valence-corrected chi connectivity index (χ4v) is 2.31. The topological polar surface area (TPSA) is 12.0 Å². The molecule has 0 bridgehead atoms. The molecular formula is C13H19N. The summed E-state index contributed by atoms with van der Waals surface area (Å²) < 4.78 is 0. The van der Waals surface area contributed by atoms with Gasteiger partial charge in [-0.05, 0) is 37.8 Å². The van der Waals surface area contributed by atoms with E-state index in [9.17, 15) is 0 Å². The average Bonchev–Trinajstić information content (AvgIpc) is 2.84. The predicted molar refractivity (Wildman–Crippen MR) is 60.3 cm³/mol. The Hall–Kier alpha value is -0.820. The number of hydrogen-bond donors (Lipinski definition) is 1. The zero-order valence-electron chi connectivity index (χ0n) is 9.25. The van der Waals surface area contributed by atoms with Gasteiger partial charge in [0, 0.05) is 6.04 Å². The van der Waals surface area contributed by atoms with Gasteiger partial charge in [-0.15, -0.1) is 0 Å². The third kappa shape index (κ3) is 1.83. The zero-order valence-corrected chi connectivity index (χ0v) is 9.25. The van der Waals surface area contributed by atoms with E-state index >= 15 is 0 Å².